The van der Waals surface area contributed by atoms with Crippen LogP contribution in [0.4, 0.5) is 0 Å². The van der Waals surface area contributed by atoms with Gasteiger partial charge in [0, 0.05) is 18.0 Å². The van der Waals surface area contributed by atoms with Crippen molar-refractivity contribution in [2.75, 3.05) is 19.6 Å². The maximum absolute atomic E-state index is 12.5. The van der Waals surface area contributed by atoms with Crippen LogP contribution in [0.3, 0.4) is 0 Å². The van der Waals surface area contributed by atoms with Crippen molar-refractivity contribution in [1.82, 2.24) is 15.5 Å². The fraction of sp³-hybridized carbons (Fsp3) is 0.550. The van der Waals surface area contributed by atoms with Crippen LogP contribution in [0, 0.1) is 12.8 Å². The second kappa shape index (κ2) is 9.51. The molecule has 1 aromatic rings. The van der Waals surface area contributed by atoms with Gasteiger partial charge in [0.1, 0.15) is 8.64 Å². The molecule has 6 atom stereocenters. The van der Waals surface area contributed by atoms with Gasteiger partial charge in [0.2, 0.25) is 0 Å². The highest BCUT2D eigenvalue weighted by Gasteiger charge is 2.58. The summed E-state index contributed by atoms with van der Waals surface area (Å²) in [5.41, 5.74) is 2.26. The highest BCUT2D eigenvalue weighted by Crippen LogP contribution is 2.47. The molecule has 5 nitrogen and oxygen atoms in total. The summed E-state index contributed by atoms with van der Waals surface area (Å²) in [4.78, 5) is 14.7. The van der Waals surface area contributed by atoms with E-state index in [4.69, 9.17) is 24.4 Å². The number of nitrogens with zero attached hydrogens (tertiary/aromatic N) is 1. The Kier molecular flexibility index (Phi) is 7.48. The van der Waals surface area contributed by atoms with Gasteiger partial charge < -0.3 is 15.7 Å². The monoisotopic (exact) mass is 469 g/mol. The van der Waals surface area contributed by atoms with Gasteiger partial charge in [0.05, 0.1) is 18.0 Å². The van der Waals surface area contributed by atoms with E-state index in [2.05, 4.69) is 39.8 Å². The number of carboxylic acid groups (broad SMARTS) is 1. The molecule has 2 fully saturated rings. The summed E-state index contributed by atoms with van der Waals surface area (Å²) in [6, 6.07) is 8.10. The molecule has 9 heteroatoms. The number of piperidine rings is 1. The van der Waals surface area contributed by atoms with Crippen molar-refractivity contribution in [3.05, 3.63) is 35.4 Å². The molecule has 0 aromatic heterocycles. The molecule has 0 radical (unpaired) electrons. The lowest BCUT2D eigenvalue weighted by atomic mass is 9.75. The molecule has 2 aliphatic heterocycles. The molecule has 29 heavy (non-hydrogen) atoms. The maximum atomic E-state index is 12.5. The molecule has 3 N–H and O–H groups in total. The predicted octanol–water partition coefficient (Wildman–Crippen LogP) is 3.08. The Balaban J connectivity index is 2.03. The third-order valence-corrected chi connectivity index (χ3v) is 8.40. The molecule has 0 spiro atoms. The van der Waals surface area contributed by atoms with Gasteiger partial charge in [0.15, 0.2) is 0 Å². The first-order chi connectivity index (χ1) is 13.8. The topological polar surface area (TPSA) is 64.6 Å². The van der Waals surface area contributed by atoms with Gasteiger partial charge >= 0.3 is 5.97 Å². The van der Waals surface area contributed by atoms with E-state index in [9.17, 15) is 9.90 Å². The van der Waals surface area contributed by atoms with Crippen LogP contribution in [0.1, 0.15) is 23.5 Å². The first kappa shape index (κ1) is 22.8. The van der Waals surface area contributed by atoms with E-state index in [0.29, 0.717) is 4.32 Å². The van der Waals surface area contributed by atoms with Crippen LogP contribution in [-0.2, 0) is 4.79 Å². The molecule has 0 aliphatic carbocycles. The van der Waals surface area contributed by atoms with Gasteiger partial charge in [-0.2, -0.15) is 0 Å². The summed E-state index contributed by atoms with van der Waals surface area (Å²) >= 11 is 13.9. The minimum absolute atomic E-state index is 0.00708. The van der Waals surface area contributed by atoms with Crippen molar-refractivity contribution in [2.45, 2.75) is 43.4 Å². The van der Waals surface area contributed by atoms with E-state index >= 15 is 0 Å². The van der Waals surface area contributed by atoms with Gasteiger partial charge in [-0.25, -0.2) is 0 Å². The van der Waals surface area contributed by atoms with Crippen LogP contribution in [0.5, 0.6) is 0 Å². The number of likely N-dealkylation sites (N-methyl/N-ethyl adjacent to an activating group) is 1. The van der Waals surface area contributed by atoms with Gasteiger partial charge in [-0.1, -0.05) is 54.3 Å². The minimum atomic E-state index is -0.763. The van der Waals surface area contributed by atoms with Crippen molar-refractivity contribution in [3.8, 4) is 0 Å². The average Bonchev–Trinajstić information content (AvgIpc) is 2.85. The van der Waals surface area contributed by atoms with Crippen molar-refractivity contribution in [2.24, 2.45) is 5.92 Å². The molecule has 2 aliphatic rings. The van der Waals surface area contributed by atoms with E-state index in [1.54, 1.807) is 0 Å². The lowest BCUT2D eigenvalue weighted by Gasteiger charge is -2.42. The molecule has 3 rings (SSSR count). The first-order valence-corrected chi connectivity index (χ1v) is 12.7. The lowest BCUT2D eigenvalue weighted by Crippen LogP contribution is -2.55. The van der Waals surface area contributed by atoms with Gasteiger partial charge in [-0.15, -0.1) is 23.5 Å². The predicted molar refractivity (Wildman–Crippen MR) is 131 cm³/mol. The number of carboxylic acids is 1. The lowest BCUT2D eigenvalue weighted by molar-refractivity contribution is -0.146. The Hall–Kier alpha value is -0.870. The average molecular weight is 470 g/mol. The zero-order valence-electron chi connectivity index (χ0n) is 16.9. The summed E-state index contributed by atoms with van der Waals surface area (Å²) in [6.07, 6.45) is 4.63. The molecule has 1 aromatic carbocycles. The number of carbonyl (C=O) groups is 1. The summed E-state index contributed by atoms with van der Waals surface area (Å²) in [5.74, 6) is -1.35. The Labute approximate surface area is 191 Å². The van der Waals surface area contributed by atoms with Crippen molar-refractivity contribution >= 4 is 62.6 Å². The van der Waals surface area contributed by atoms with E-state index < -0.39 is 11.9 Å². The number of aliphatic carboxylic acids is 1. The number of thiocarbonyl (C=S) groups is 2. The van der Waals surface area contributed by atoms with E-state index in [1.807, 2.05) is 26.5 Å². The van der Waals surface area contributed by atoms with Gasteiger partial charge in [-0.05, 0) is 38.5 Å². The SMILES string of the molecule is CSC(=S)NC1C(NC(=S)SC)C2C(C(=O)O)C(c3ccc(C)cc3)CC1N2C. The van der Waals surface area contributed by atoms with Crippen molar-refractivity contribution < 1.29 is 9.90 Å². The van der Waals surface area contributed by atoms with Gasteiger partial charge in [0.25, 0.3) is 0 Å². The number of fused-ring (bicyclic) bond motifs is 2. The number of benzene rings is 1. The smallest absolute Gasteiger partial charge is 0.308 e. The zero-order chi connectivity index (χ0) is 21.3. The van der Waals surface area contributed by atoms with E-state index in [-0.39, 0.29) is 30.1 Å². The summed E-state index contributed by atoms with van der Waals surface area (Å²) in [5, 5.41) is 17.2. The fourth-order valence-corrected chi connectivity index (χ4v) is 5.62. The van der Waals surface area contributed by atoms with Crippen LogP contribution in [0.15, 0.2) is 24.3 Å². The van der Waals surface area contributed by atoms with Crippen LogP contribution < -0.4 is 10.6 Å². The second-order valence-corrected chi connectivity index (χ2v) is 10.6. The molecule has 2 saturated heterocycles. The summed E-state index contributed by atoms with van der Waals surface area (Å²) in [6.45, 7) is 2.05. The Bertz CT molecular complexity index is 788. The minimum Gasteiger partial charge on any atom is -0.481 e. The van der Waals surface area contributed by atoms with Crippen LogP contribution in [0.2, 0.25) is 0 Å². The fourth-order valence-electron chi connectivity index (χ4n) is 4.84. The van der Waals surface area contributed by atoms with Gasteiger partial charge in [-0.3, -0.25) is 9.69 Å². The highest BCUT2D eigenvalue weighted by molar-refractivity contribution is 8.22. The van der Waals surface area contributed by atoms with Crippen molar-refractivity contribution in [3.63, 3.8) is 0 Å². The maximum Gasteiger partial charge on any atom is 0.308 e. The van der Waals surface area contributed by atoms with E-state index in [1.165, 1.54) is 29.1 Å². The molecular weight excluding hydrogens is 443 g/mol. The van der Waals surface area contributed by atoms with Crippen molar-refractivity contribution in [1.29, 1.82) is 0 Å². The first-order valence-electron chi connectivity index (χ1n) is 9.48. The number of nitrogens with one attached hydrogen (secondary N) is 2. The molecule has 2 heterocycles. The normalized spacial score (nSPS) is 31.3. The summed E-state index contributed by atoms with van der Waals surface area (Å²) in [7, 11) is 2.03. The molecule has 6 unspecified atom stereocenters. The number of rotatable bonds is 4. The Morgan fingerprint density at radius 1 is 1.10 bits per heavy atom. The Morgan fingerprint density at radius 3 is 2.17 bits per heavy atom. The van der Waals surface area contributed by atoms with Crippen LogP contribution >= 0.6 is 48.0 Å². The van der Waals surface area contributed by atoms with Crippen LogP contribution in [-0.4, -0.2) is 68.3 Å². The highest BCUT2D eigenvalue weighted by atomic mass is 32.2. The molecule has 2 bridgehead atoms. The Morgan fingerprint density at radius 2 is 1.66 bits per heavy atom. The zero-order valence-corrected chi connectivity index (χ0v) is 20.2. The third-order valence-electron chi connectivity index (χ3n) is 6.19. The standard InChI is InChI=1S/C20H27N3O2S4/c1-10-5-7-11(8-6-10)12-9-13-15(21-19(26)28-3)16(22-20(27)29-4)17(23(13)2)14(12)18(24)25/h5-8,12-17H,9H2,1-4H3,(H,21,26)(H,22,27)(H,24,25). The summed E-state index contributed by atoms with van der Waals surface area (Å²) < 4.78 is 1.39. The number of aryl methyl sites for hydroxylation is 1. The number of thioether (sulfide) groups is 2. The molecular formula is C20H27N3O2S4. The second-order valence-electron chi connectivity index (χ2n) is 7.66. The quantitative estimate of drug-likeness (QED) is 0.577. The molecule has 0 saturated carbocycles. The molecule has 158 valence electrons. The van der Waals surface area contributed by atoms with Crippen LogP contribution in [0.25, 0.3) is 0 Å². The third kappa shape index (κ3) is 4.58. The largest absolute Gasteiger partial charge is 0.481 e. The number of hydrogen-bond donors (Lipinski definition) is 3. The molecule has 0 amide bonds. The van der Waals surface area contributed by atoms with E-state index in [0.717, 1.165) is 16.3 Å². The number of hydrogen-bond acceptors (Lipinski definition) is 6.